The number of hydrazone groups is 1. The third-order valence-electron chi connectivity index (χ3n) is 3.60. The third-order valence-corrected chi connectivity index (χ3v) is 5.37. The van der Waals surface area contributed by atoms with Crippen molar-refractivity contribution in [1.82, 2.24) is 10.4 Å². The first-order chi connectivity index (χ1) is 10.1. The van der Waals surface area contributed by atoms with Crippen LogP contribution in [-0.4, -0.2) is 37.0 Å². The molecule has 7 heteroatoms. The van der Waals surface area contributed by atoms with Gasteiger partial charge in [-0.25, -0.2) is 13.8 Å². The standard InChI is InChI=1S/C14H15N3O3S/c18-14(10-5-6-21(19,20)9-10)17-16-8-11-7-15-13-4-2-1-3-12(11)13/h1-4,7-8,10,15H,5-6,9H2,(H,17,18)/b16-8+/t10-/m0/s1. The maximum atomic E-state index is 11.8. The number of hydrogen-bond donors (Lipinski definition) is 2. The van der Waals surface area contributed by atoms with E-state index >= 15 is 0 Å². The number of H-pyrrole nitrogens is 1. The van der Waals surface area contributed by atoms with Crippen LogP contribution in [0.25, 0.3) is 10.9 Å². The van der Waals surface area contributed by atoms with Crippen molar-refractivity contribution in [2.75, 3.05) is 11.5 Å². The SMILES string of the molecule is O=C(N/N=C/c1c[nH]c2ccccc12)[C@H]1CCS(=O)(=O)C1. The number of fused-ring (bicyclic) bond motifs is 1. The number of nitrogens with one attached hydrogen (secondary N) is 2. The Bertz CT molecular complexity index is 808. The Labute approximate surface area is 122 Å². The molecule has 2 heterocycles. The summed E-state index contributed by atoms with van der Waals surface area (Å²) in [6.45, 7) is 0. The number of aromatic amines is 1. The number of rotatable bonds is 3. The van der Waals surface area contributed by atoms with Crippen molar-refractivity contribution in [3.63, 3.8) is 0 Å². The number of carbonyl (C=O) groups is 1. The van der Waals surface area contributed by atoms with Crippen molar-refractivity contribution in [3.8, 4) is 0 Å². The van der Waals surface area contributed by atoms with E-state index < -0.39 is 15.8 Å². The van der Waals surface area contributed by atoms with E-state index in [1.807, 2.05) is 24.3 Å². The highest BCUT2D eigenvalue weighted by atomic mass is 32.2. The van der Waals surface area contributed by atoms with Crippen LogP contribution >= 0.6 is 0 Å². The molecule has 1 aromatic carbocycles. The van der Waals surface area contributed by atoms with Crippen LogP contribution in [0.4, 0.5) is 0 Å². The van der Waals surface area contributed by atoms with Gasteiger partial charge in [0.2, 0.25) is 5.91 Å². The first-order valence-electron chi connectivity index (χ1n) is 6.65. The first-order valence-corrected chi connectivity index (χ1v) is 8.47. The summed E-state index contributed by atoms with van der Waals surface area (Å²) in [5.41, 5.74) is 4.28. The van der Waals surface area contributed by atoms with Crippen molar-refractivity contribution >= 4 is 32.9 Å². The van der Waals surface area contributed by atoms with Crippen LogP contribution in [0.3, 0.4) is 0 Å². The van der Waals surface area contributed by atoms with E-state index in [0.29, 0.717) is 6.42 Å². The van der Waals surface area contributed by atoms with Gasteiger partial charge in [0, 0.05) is 22.7 Å². The molecule has 110 valence electrons. The summed E-state index contributed by atoms with van der Waals surface area (Å²) in [4.78, 5) is 14.9. The van der Waals surface area contributed by atoms with Crippen molar-refractivity contribution in [3.05, 3.63) is 36.0 Å². The van der Waals surface area contributed by atoms with Gasteiger partial charge in [0.1, 0.15) is 0 Å². The second-order valence-electron chi connectivity index (χ2n) is 5.12. The Morgan fingerprint density at radius 2 is 2.19 bits per heavy atom. The molecule has 1 aliphatic rings. The summed E-state index contributed by atoms with van der Waals surface area (Å²) >= 11 is 0. The van der Waals surface area contributed by atoms with Crippen molar-refractivity contribution in [2.45, 2.75) is 6.42 Å². The van der Waals surface area contributed by atoms with E-state index in [2.05, 4.69) is 15.5 Å². The van der Waals surface area contributed by atoms with Gasteiger partial charge in [-0.1, -0.05) is 18.2 Å². The number of amides is 1. The number of hydrogen-bond acceptors (Lipinski definition) is 4. The number of carbonyl (C=O) groups excluding carboxylic acids is 1. The quantitative estimate of drug-likeness (QED) is 0.656. The first kappa shape index (κ1) is 13.8. The molecule has 1 atom stereocenters. The van der Waals surface area contributed by atoms with E-state index in [1.165, 1.54) is 0 Å². The van der Waals surface area contributed by atoms with Crippen LogP contribution < -0.4 is 5.43 Å². The topological polar surface area (TPSA) is 91.4 Å². The van der Waals surface area contributed by atoms with Crippen LogP contribution in [0.2, 0.25) is 0 Å². The molecule has 0 radical (unpaired) electrons. The summed E-state index contributed by atoms with van der Waals surface area (Å²) in [6, 6.07) is 7.77. The zero-order valence-electron chi connectivity index (χ0n) is 11.2. The Kier molecular flexibility index (Phi) is 3.50. The summed E-state index contributed by atoms with van der Waals surface area (Å²) in [7, 11) is -3.06. The second-order valence-corrected chi connectivity index (χ2v) is 7.35. The van der Waals surface area contributed by atoms with Crippen LogP contribution in [-0.2, 0) is 14.6 Å². The number of sulfone groups is 1. The van der Waals surface area contributed by atoms with Gasteiger partial charge in [0.25, 0.3) is 0 Å². The van der Waals surface area contributed by atoms with Crippen molar-refractivity contribution < 1.29 is 13.2 Å². The van der Waals surface area contributed by atoms with Crippen LogP contribution in [0.1, 0.15) is 12.0 Å². The lowest BCUT2D eigenvalue weighted by Crippen LogP contribution is -2.27. The maximum absolute atomic E-state index is 11.8. The van der Waals surface area contributed by atoms with Gasteiger partial charge in [-0.3, -0.25) is 4.79 Å². The van der Waals surface area contributed by atoms with E-state index in [1.54, 1.807) is 12.4 Å². The molecule has 0 spiro atoms. The number of benzene rings is 1. The normalized spacial score (nSPS) is 21.0. The van der Waals surface area contributed by atoms with Gasteiger partial charge in [0.15, 0.2) is 9.84 Å². The maximum Gasteiger partial charge on any atom is 0.244 e. The molecule has 1 fully saturated rings. The van der Waals surface area contributed by atoms with Crippen LogP contribution in [0.15, 0.2) is 35.6 Å². The fourth-order valence-corrected chi connectivity index (χ4v) is 4.20. The summed E-state index contributed by atoms with van der Waals surface area (Å²) in [5, 5.41) is 4.93. The van der Waals surface area contributed by atoms with Gasteiger partial charge in [0.05, 0.1) is 23.6 Å². The molecule has 3 rings (SSSR count). The van der Waals surface area contributed by atoms with Gasteiger partial charge in [-0.05, 0) is 12.5 Å². The minimum absolute atomic E-state index is 0.0806. The van der Waals surface area contributed by atoms with Gasteiger partial charge in [-0.2, -0.15) is 5.10 Å². The highest BCUT2D eigenvalue weighted by Crippen LogP contribution is 2.18. The molecular formula is C14H15N3O3S. The highest BCUT2D eigenvalue weighted by molar-refractivity contribution is 7.91. The zero-order valence-corrected chi connectivity index (χ0v) is 12.1. The van der Waals surface area contributed by atoms with Gasteiger partial charge < -0.3 is 4.98 Å². The molecule has 1 amide bonds. The van der Waals surface area contributed by atoms with E-state index in [-0.39, 0.29) is 17.4 Å². The number of para-hydroxylation sites is 1. The summed E-state index contributed by atoms with van der Waals surface area (Å²) < 4.78 is 22.7. The molecule has 6 nitrogen and oxygen atoms in total. The molecule has 0 bridgehead atoms. The monoisotopic (exact) mass is 305 g/mol. The molecule has 2 N–H and O–H groups in total. The molecular weight excluding hydrogens is 290 g/mol. The average Bonchev–Trinajstić information content (AvgIpc) is 3.03. The van der Waals surface area contributed by atoms with Crippen LogP contribution in [0, 0.1) is 5.92 Å². The minimum Gasteiger partial charge on any atom is -0.361 e. The van der Waals surface area contributed by atoms with Gasteiger partial charge in [-0.15, -0.1) is 0 Å². The second kappa shape index (κ2) is 5.33. The fourth-order valence-electron chi connectivity index (χ4n) is 2.46. The summed E-state index contributed by atoms with van der Waals surface area (Å²) in [5.74, 6) is -0.833. The molecule has 0 aliphatic carbocycles. The third kappa shape index (κ3) is 2.97. The largest absolute Gasteiger partial charge is 0.361 e. The lowest BCUT2D eigenvalue weighted by Gasteiger charge is -2.04. The Morgan fingerprint density at radius 3 is 2.95 bits per heavy atom. The minimum atomic E-state index is -3.06. The zero-order chi connectivity index (χ0) is 14.9. The molecule has 1 aromatic heterocycles. The summed E-state index contributed by atoms with van der Waals surface area (Å²) in [6.07, 6.45) is 3.73. The Morgan fingerprint density at radius 1 is 1.38 bits per heavy atom. The fraction of sp³-hybridized carbons (Fsp3) is 0.286. The lowest BCUT2D eigenvalue weighted by atomic mass is 10.1. The molecule has 0 unspecified atom stereocenters. The van der Waals surface area contributed by atoms with Crippen LogP contribution in [0.5, 0.6) is 0 Å². The molecule has 21 heavy (non-hydrogen) atoms. The molecule has 2 aromatic rings. The lowest BCUT2D eigenvalue weighted by molar-refractivity contribution is -0.124. The number of nitrogens with zero attached hydrogens (tertiary/aromatic N) is 1. The number of aromatic nitrogens is 1. The van der Waals surface area contributed by atoms with Crippen molar-refractivity contribution in [1.29, 1.82) is 0 Å². The van der Waals surface area contributed by atoms with Gasteiger partial charge >= 0.3 is 0 Å². The Hall–Kier alpha value is -2.15. The van der Waals surface area contributed by atoms with E-state index in [0.717, 1.165) is 16.5 Å². The van der Waals surface area contributed by atoms with E-state index in [9.17, 15) is 13.2 Å². The predicted molar refractivity (Wildman–Crippen MR) is 80.8 cm³/mol. The Balaban J connectivity index is 1.66. The molecule has 1 saturated heterocycles. The average molecular weight is 305 g/mol. The van der Waals surface area contributed by atoms with E-state index in [4.69, 9.17) is 0 Å². The molecule has 0 saturated carbocycles. The smallest absolute Gasteiger partial charge is 0.244 e. The highest BCUT2D eigenvalue weighted by Gasteiger charge is 2.32. The predicted octanol–water partition coefficient (Wildman–Crippen LogP) is 1.05. The molecule has 1 aliphatic heterocycles. The van der Waals surface area contributed by atoms with Crippen molar-refractivity contribution in [2.24, 2.45) is 11.0 Å².